The first-order valence-electron chi connectivity index (χ1n) is 8.77. The second kappa shape index (κ2) is 7.34. The molecule has 24 heavy (non-hydrogen) atoms. The molecule has 0 radical (unpaired) electrons. The van der Waals surface area contributed by atoms with Crippen molar-refractivity contribution in [3.05, 3.63) is 47.3 Å². The van der Waals surface area contributed by atoms with E-state index in [1.165, 1.54) is 11.4 Å². The van der Waals surface area contributed by atoms with Crippen molar-refractivity contribution in [2.75, 3.05) is 24.5 Å². The van der Waals surface area contributed by atoms with E-state index in [4.69, 9.17) is 0 Å². The Balaban J connectivity index is 1.46. The van der Waals surface area contributed by atoms with Crippen LogP contribution in [0.2, 0.25) is 0 Å². The minimum Gasteiger partial charge on any atom is -0.371 e. The maximum atomic E-state index is 13.3. The van der Waals surface area contributed by atoms with Gasteiger partial charge in [0.25, 0.3) is 0 Å². The minimum atomic E-state index is -0.155. The molecule has 1 aliphatic heterocycles. The Bertz CT molecular complexity index is 687. The Labute approximate surface area is 143 Å². The van der Waals surface area contributed by atoms with Crippen LogP contribution in [-0.4, -0.2) is 35.2 Å². The Morgan fingerprint density at radius 3 is 2.58 bits per heavy atom. The Morgan fingerprint density at radius 1 is 1.21 bits per heavy atom. The highest BCUT2D eigenvalue weighted by Gasteiger charge is 2.20. The van der Waals surface area contributed by atoms with E-state index in [1.807, 2.05) is 26.2 Å². The molecular formula is C19H27FN4. The van der Waals surface area contributed by atoms with Gasteiger partial charge in [-0.15, -0.1) is 0 Å². The van der Waals surface area contributed by atoms with Crippen molar-refractivity contribution in [1.82, 2.24) is 14.9 Å². The van der Waals surface area contributed by atoms with Crippen LogP contribution >= 0.6 is 0 Å². The van der Waals surface area contributed by atoms with Crippen molar-refractivity contribution in [3.8, 4) is 0 Å². The molecule has 2 aromatic rings. The number of nitrogens with one attached hydrogen (secondary N) is 1. The average Bonchev–Trinajstić information content (AvgIpc) is 2.88. The first-order valence-corrected chi connectivity index (χ1v) is 8.77. The van der Waals surface area contributed by atoms with Crippen LogP contribution in [0.4, 0.5) is 10.1 Å². The first kappa shape index (κ1) is 17.0. The van der Waals surface area contributed by atoms with Crippen LogP contribution in [0.15, 0.2) is 24.5 Å². The number of piperidine rings is 1. The van der Waals surface area contributed by atoms with Crippen LogP contribution in [-0.2, 0) is 6.54 Å². The third kappa shape index (κ3) is 3.78. The predicted octanol–water partition coefficient (Wildman–Crippen LogP) is 3.21. The van der Waals surface area contributed by atoms with Crippen molar-refractivity contribution in [3.63, 3.8) is 0 Å². The smallest absolute Gasteiger partial charge is 0.123 e. The van der Waals surface area contributed by atoms with Crippen LogP contribution in [0.3, 0.4) is 0 Å². The summed E-state index contributed by atoms with van der Waals surface area (Å²) in [7, 11) is 0. The third-order valence-corrected chi connectivity index (χ3v) is 5.13. The highest BCUT2D eigenvalue weighted by Crippen LogP contribution is 2.24. The average molecular weight is 330 g/mol. The van der Waals surface area contributed by atoms with Gasteiger partial charge < -0.3 is 14.8 Å². The van der Waals surface area contributed by atoms with Crippen molar-refractivity contribution < 1.29 is 4.39 Å². The summed E-state index contributed by atoms with van der Waals surface area (Å²) in [6, 6.07) is 5.65. The van der Waals surface area contributed by atoms with Crippen LogP contribution in [0.5, 0.6) is 0 Å². The largest absolute Gasteiger partial charge is 0.371 e. The van der Waals surface area contributed by atoms with E-state index in [9.17, 15) is 4.39 Å². The summed E-state index contributed by atoms with van der Waals surface area (Å²) in [5.74, 6) is -0.155. The van der Waals surface area contributed by atoms with Gasteiger partial charge in [-0.25, -0.2) is 9.37 Å². The molecule has 0 atom stereocenters. The van der Waals surface area contributed by atoms with E-state index in [-0.39, 0.29) is 5.82 Å². The van der Waals surface area contributed by atoms with Gasteiger partial charge in [-0.2, -0.15) is 0 Å². The van der Waals surface area contributed by atoms with Crippen LogP contribution in [0, 0.1) is 26.6 Å². The van der Waals surface area contributed by atoms with Crippen molar-refractivity contribution in [2.45, 2.75) is 46.2 Å². The standard InChI is InChI=1S/C19H27FN4/c1-14-12-17(20)4-5-19(14)23-9-6-18(7-10-23)21-8-11-24-13-22-15(2)16(24)3/h4-5,12-13,18,21H,6-11H2,1-3H3. The summed E-state index contributed by atoms with van der Waals surface area (Å²) in [5.41, 5.74) is 4.54. The molecule has 5 heteroatoms. The van der Waals surface area contributed by atoms with E-state index in [2.05, 4.69) is 26.7 Å². The molecule has 2 heterocycles. The van der Waals surface area contributed by atoms with Gasteiger partial charge in [-0.1, -0.05) is 0 Å². The van der Waals surface area contributed by atoms with Gasteiger partial charge in [0, 0.05) is 43.6 Å². The van der Waals surface area contributed by atoms with Gasteiger partial charge >= 0.3 is 0 Å². The molecule has 0 aliphatic carbocycles. The van der Waals surface area contributed by atoms with Gasteiger partial charge in [0.05, 0.1) is 12.0 Å². The molecule has 1 aromatic carbocycles. The fourth-order valence-corrected chi connectivity index (χ4v) is 3.46. The highest BCUT2D eigenvalue weighted by atomic mass is 19.1. The van der Waals surface area contributed by atoms with E-state index in [0.29, 0.717) is 6.04 Å². The molecule has 0 bridgehead atoms. The summed E-state index contributed by atoms with van der Waals surface area (Å²) in [4.78, 5) is 6.71. The lowest BCUT2D eigenvalue weighted by atomic mass is 10.0. The summed E-state index contributed by atoms with van der Waals surface area (Å²) in [5, 5.41) is 3.67. The fourth-order valence-electron chi connectivity index (χ4n) is 3.46. The summed E-state index contributed by atoms with van der Waals surface area (Å²) in [6.07, 6.45) is 4.17. The van der Waals surface area contributed by atoms with Gasteiger partial charge in [0.2, 0.25) is 0 Å². The molecular weight excluding hydrogens is 303 g/mol. The number of nitrogens with zero attached hydrogens (tertiary/aromatic N) is 3. The van der Waals surface area contributed by atoms with E-state index >= 15 is 0 Å². The number of halogens is 1. The van der Waals surface area contributed by atoms with Gasteiger partial charge in [0.1, 0.15) is 5.82 Å². The van der Waals surface area contributed by atoms with Gasteiger partial charge in [-0.05, 0) is 57.4 Å². The van der Waals surface area contributed by atoms with E-state index in [0.717, 1.165) is 50.3 Å². The number of anilines is 1. The first-order chi connectivity index (χ1) is 11.5. The van der Waals surface area contributed by atoms with Gasteiger partial charge in [-0.3, -0.25) is 0 Å². The summed E-state index contributed by atoms with van der Waals surface area (Å²) < 4.78 is 15.5. The monoisotopic (exact) mass is 330 g/mol. The molecule has 1 aliphatic rings. The van der Waals surface area contributed by atoms with Crippen LogP contribution in [0.1, 0.15) is 29.8 Å². The normalized spacial score (nSPS) is 15.9. The van der Waals surface area contributed by atoms with Crippen molar-refractivity contribution >= 4 is 5.69 Å². The molecule has 1 saturated heterocycles. The lowest BCUT2D eigenvalue weighted by Gasteiger charge is -2.35. The number of aromatic nitrogens is 2. The lowest BCUT2D eigenvalue weighted by molar-refractivity contribution is 0.405. The maximum absolute atomic E-state index is 13.3. The molecule has 1 fully saturated rings. The summed E-state index contributed by atoms with van der Waals surface area (Å²) in [6.45, 7) is 10.1. The number of hydrogen-bond acceptors (Lipinski definition) is 3. The highest BCUT2D eigenvalue weighted by molar-refractivity contribution is 5.53. The molecule has 1 N–H and O–H groups in total. The number of hydrogen-bond donors (Lipinski definition) is 1. The van der Waals surface area contributed by atoms with Crippen molar-refractivity contribution in [2.24, 2.45) is 0 Å². The topological polar surface area (TPSA) is 33.1 Å². The molecule has 1 aromatic heterocycles. The molecule has 4 nitrogen and oxygen atoms in total. The minimum absolute atomic E-state index is 0.155. The Kier molecular flexibility index (Phi) is 5.19. The zero-order chi connectivity index (χ0) is 17.1. The fraction of sp³-hybridized carbons (Fsp3) is 0.526. The summed E-state index contributed by atoms with van der Waals surface area (Å²) >= 11 is 0. The molecule has 0 spiro atoms. The van der Waals surface area contributed by atoms with Gasteiger partial charge in [0.15, 0.2) is 0 Å². The van der Waals surface area contributed by atoms with Crippen molar-refractivity contribution in [1.29, 1.82) is 0 Å². The third-order valence-electron chi connectivity index (χ3n) is 5.13. The van der Waals surface area contributed by atoms with Crippen LogP contribution in [0.25, 0.3) is 0 Å². The quantitative estimate of drug-likeness (QED) is 0.914. The Hall–Kier alpha value is -1.88. The molecule has 0 unspecified atom stereocenters. The Morgan fingerprint density at radius 2 is 1.96 bits per heavy atom. The number of benzene rings is 1. The number of rotatable bonds is 5. The number of aryl methyl sites for hydroxylation is 2. The molecule has 0 amide bonds. The predicted molar refractivity (Wildman–Crippen MR) is 96.1 cm³/mol. The maximum Gasteiger partial charge on any atom is 0.123 e. The second-order valence-electron chi connectivity index (χ2n) is 6.76. The lowest BCUT2D eigenvalue weighted by Crippen LogP contribution is -2.43. The molecule has 3 rings (SSSR count). The van der Waals surface area contributed by atoms with Crippen LogP contribution < -0.4 is 10.2 Å². The second-order valence-corrected chi connectivity index (χ2v) is 6.76. The zero-order valence-corrected chi connectivity index (χ0v) is 14.8. The molecule has 130 valence electrons. The zero-order valence-electron chi connectivity index (χ0n) is 14.8. The van der Waals surface area contributed by atoms with E-state index in [1.54, 1.807) is 12.1 Å². The number of imidazole rings is 1. The SMILES string of the molecule is Cc1cc(F)ccc1N1CCC(NCCn2cnc(C)c2C)CC1. The molecule has 0 saturated carbocycles. The van der Waals surface area contributed by atoms with E-state index < -0.39 is 0 Å².